The van der Waals surface area contributed by atoms with Crippen LogP contribution in [0, 0.1) is 0 Å². The van der Waals surface area contributed by atoms with Gasteiger partial charge in [0, 0.05) is 0 Å². The number of aromatic amines is 1. The highest BCUT2D eigenvalue weighted by Gasteiger charge is 2.02. The first-order valence-corrected chi connectivity index (χ1v) is 6.76. The Morgan fingerprint density at radius 2 is 2.00 bits per heavy atom. The van der Waals surface area contributed by atoms with E-state index >= 15 is 0 Å². The van der Waals surface area contributed by atoms with Crippen LogP contribution in [0.1, 0.15) is 26.7 Å². The van der Waals surface area contributed by atoms with Gasteiger partial charge in [0.2, 0.25) is 6.34 Å². The van der Waals surface area contributed by atoms with Gasteiger partial charge in [-0.1, -0.05) is 13.8 Å². The molecule has 2 rings (SSSR count). The van der Waals surface area contributed by atoms with Gasteiger partial charge in [-0.15, -0.1) is 0 Å². The molecule has 0 radical (unpaired) electrons. The molecule has 0 saturated heterocycles. The van der Waals surface area contributed by atoms with E-state index in [9.17, 15) is 0 Å². The third-order valence-electron chi connectivity index (χ3n) is 3.24. The summed E-state index contributed by atoms with van der Waals surface area (Å²) in [6.45, 7) is 4.38. The SMILES string of the molecule is CCC(CC)[NH+]=CNc1ccc(-c2cnc[nH]2)cc1. The van der Waals surface area contributed by atoms with Crippen LogP contribution in [0.15, 0.2) is 36.8 Å². The van der Waals surface area contributed by atoms with Crippen LogP contribution in [0.4, 0.5) is 5.69 Å². The van der Waals surface area contributed by atoms with E-state index in [-0.39, 0.29) is 0 Å². The van der Waals surface area contributed by atoms with Crippen molar-refractivity contribution < 1.29 is 4.99 Å². The molecule has 0 aliphatic heterocycles. The molecule has 4 nitrogen and oxygen atoms in total. The highest BCUT2D eigenvalue weighted by atomic mass is 15.0. The van der Waals surface area contributed by atoms with Crippen molar-refractivity contribution in [3.63, 3.8) is 0 Å². The maximum Gasteiger partial charge on any atom is 0.235 e. The first-order chi connectivity index (χ1) is 9.33. The van der Waals surface area contributed by atoms with Gasteiger partial charge in [0.25, 0.3) is 0 Å². The van der Waals surface area contributed by atoms with Crippen molar-refractivity contribution in [3.8, 4) is 11.3 Å². The highest BCUT2D eigenvalue weighted by molar-refractivity contribution is 5.73. The summed E-state index contributed by atoms with van der Waals surface area (Å²) in [6, 6.07) is 8.79. The molecular formula is C15H21N4+. The summed E-state index contributed by atoms with van der Waals surface area (Å²) in [6.07, 6.45) is 7.70. The maximum atomic E-state index is 4.02. The highest BCUT2D eigenvalue weighted by Crippen LogP contribution is 2.18. The van der Waals surface area contributed by atoms with Crippen molar-refractivity contribution in [2.45, 2.75) is 32.7 Å². The van der Waals surface area contributed by atoms with E-state index in [4.69, 9.17) is 0 Å². The molecule has 1 heterocycles. The summed E-state index contributed by atoms with van der Waals surface area (Å²) in [5.41, 5.74) is 3.24. The van der Waals surface area contributed by atoms with E-state index in [1.54, 1.807) is 6.33 Å². The number of hydrogen-bond donors (Lipinski definition) is 3. The van der Waals surface area contributed by atoms with E-state index < -0.39 is 0 Å². The van der Waals surface area contributed by atoms with Crippen molar-refractivity contribution in [1.29, 1.82) is 0 Å². The molecule has 0 spiro atoms. The normalized spacial score (nSPS) is 11.3. The minimum atomic E-state index is 0.539. The Balaban J connectivity index is 1.96. The van der Waals surface area contributed by atoms with Gasteiger partial charge >= 0.3 is 0 Å². The van der Waals surface area contributed by atoms with Gasteiger partial charge in [0.15, 0.2) is 0 Å². The fraction of sp³-hybridized carbons (Fsp3) is 0.333. The summed E-state index contributed by atoms with van der Waals surface area (Å²) < 4.78 is 0. The number of H-pyrrole nitrogens is 1. The van der Waals surface area contributed by atoms with Gasteiger partial charge in [0.05, 0.1) is 24.3 Å². The molecule has 100 valence electrons. The van der Waals surface area contributed by atoms with E-state index in [2.05, 4.69) is 58.4 Å². The van der Waals surface area contributed by atoms with E-state index in [0.717, 1.165) is 29.8 Å². The molecule has 0 unspecified atom stereocenters. The molecule has 0 aliphatic rings. The zero-order valence-corrected chi connectivity index (χ0v) is 11.5. The van der Waals surface area contributed by atoms with Crippen LogP contribution in [0.3, 0.4) is 0 Å². The summed E-state index contributed by atoms with van der Waals surface area (Å²) in [5.74, 6) is 0. The Kier molecular flexibility index (Phi) is 4.72. The van der Waals surface area contributed by atoms with Crippen molar-refractivity contribution in [3.05, 3.63) is 36.8 Å². The number of nitrogens with zero attached hydrogens (tertiary/aromatic N) is 1. The number of benzene rings is 1. The van der Waals surface area contributed by atoms with Crippen molar-refractivity contribution in [2.24, 2.45) is 0 Å². The standard InChI is InChI=1S/C15H20N4/c1-3-13(4-2)17-11-18-14-7-5-12(6-8-14)15-9-16-10-19-15/h5-11,13H,3-4H2,1-2H3,(H,16,19)(H,17,18)/p+1. The molecule has 0 atom stereocenters. The largest absolute Gasteiger partial charge is 0.345 e. The Labute approximate surface area is 114 Å². The molecule has 19 heavy (non-hydrogen) atoms. The second-order valence-corrected chi connectivity index (χ2v) is 4.51. The molecule has 3 N–H and O–H groups in total. The lowest BCUT2D eigenvalue weighted by atomic mass is 10.1. The number of aromatic nitrogens is 2. The predicted molar refractivity (Wildman–Crippen MR) is 79.0 cm³/mol. The zero-order valence-electron chi connectivity index (χ0n) is 11.5. The molecule has 0 aliphatic carbocycles. The summed E-state index contributed by atoms with van der Waals surface area (Å²) in [4.78, 5) is 10.5. The smallest absolute Gasteiger partial charge is 0.235 e. The monoisotopic (exact) mass is 257 g/mol. The number of anilines is 1. The molecule has 4 heteroatoms. The fourth-order valence-electron chi connectivity index (χ4n) is 1.93. The van der Waals surface area contributed by atoms with Gasteiger partial charge in [-0.3, -0.25) is 4.99 Å². The lowest BCUT2D eigenvalue weighted by Gasteiger charge is -2.02. The van der Waals surface area contributed by atoms with Crippen LogP contribution in [-0.4, -0.2) is 22.3 Å². The van der Waals surface area contributed by atoms with Gasteiger partial charge in [-0.05, 0) is 42.7 Å². The lowest BCUT2D eigenvalue weighted by molar-refractivity contribution is -0.499. The molecule has 1 aromatic carbocycles. The molecule has 0 bridgehead atoms. The summed E-state index contributed by atoms with van der Waals surface area (Å²) in [7, 11) is 0. The topological polar surface area (TPSA) is 54.7 Å². The van der Waals surface area contributed by atoms with Crippen LogP contribution in [0.25, 0.3) is 11.3 Å². The van der Waals surface area contributed by atoms with Crippen LogP contribution in [0.2, 0.25) is 0 Å². The van der Waals surface area contributed by atoms with Crippen molar-refractivity contribution in [1.82, 2.24) is 9.97 Å². The number of hydrogen-bond acceptors (Lipinski definition) is 1. The molecule has 0 saturated carbocycles. The Morgan fingerprint density at radius 1 is 1.26 bits per heavy atom. The van der Waals surface area contributed by atoms with Crippen LogP contribution in [-0.2, 0) is 0 Å². The number of rotatable bonds is 6. The van der Waals surface area contributed by atoms with E-state index in [1.807, 2.05) is 12.5 Å². The van der Waals surface area contributed by atoms with Crippen molar-refractivity contribution >= 4 is 12.0 Å². The third kappa shape index (κ3) is 3.68. The third-order valence-corrected chi connectivity index (χ3v) is 3.24. The predicted octanol–water partition coefficient (Wildman–Crippen LogP) is 1.79. The lowest BCUT2D eigenvalue weighted by Crippen LogP contribution is -2.77. The van der Waals surface area contributed by atoms with Crippen LogP contribution < -0.4 is 10.3 Å². The first-order valence-electron chi connectivity index (χ1n) is 6.76. The average molecular weight is 257 g/mol. The van der Waals surface area contributed by atoms with Crippen LogP contribution >= 0.6 is 0 Å². The quantitative estimate of drug-likeness (QED) is 0.546. The average Bonchev–Trinajstić information content (AvgIpc) is 2.98. The number of imidazole rings is 1. The van der Waals surface area contributed by atoms with Crippen LogP contribution in [0.5, 0.6) is 0 Å². The van der Waals surface area contributed by atoms with E-state index in [1.165, 1.54) is 0 Å². The second kappa shape index (κ2) is 6.73. The Morgan fingerprint density at radius 3 is 2.58 bits per heavy atom. The maximum absolute atomic E-state index is 4.02. The first kappa shape index (κ1) is 13.3. The number of nitrogens with one attached hydrogen (secondary N) is 3. The molecule has 1 aromatic heterocycles. The van der Waals surface area contributed by atoms with Gasteiger partial charge in [-0.25, -0.2) is 10.3 Å². The Bertz CT molecular complexity index is 495. The summed E-state index contributed by atoms with van der Waals surface area (Å²) in [5, 5.41) is 3.25. The van der Waals surface area contributed by atoms with Gasteiger partial charge in [0.1, 0.15) is 5.69 Å². The summed E-state index contributed by atoms with van der Waals surface area (Å²) >= 11 is 0. The molecule has 0 fully saturated rings. The van der Waals surface area contributed by atoms with E-state index in [0.29, 0.717) is 6.04 Å². The second-order valence-electron chi connectivity index (χ2n) is 4.51. The molecule has 2 aromatic rings. The molecule has 0 amide bonds. The fourth-order valence-corrected chi connectivity index (χ4v) is 1.93. The minimum Gasteiger partial charge on any atom is -0.345 e. The minimum absolute atomic E-state index is 0.539. The van der Waals surface area contributed by atoms with Gasteiger partial charge in [-0.2, -0.15) is 0 Å². The zero-order chi connectivity index (χ0) is 13.5. The Hall–Kier alpha value is -2.10. The van der Waals surface area contributed by atoms with Crippen molar-refractivity contribution in [2.75, 3.05) is 5.32 Å². The van der Waals surface area contributed by atoms with Gasteiger partial charge < -0.3 is 4.98 Å². The molecular weight excluding hydrogens is 236 g/mol.